The number of halogens is 5. The summed E-state index contributed by atoms with van der Waals surface area (Å²) >= 11 is 14.1. The number of hydrogen-bond donors (Lipinski definition) is 0. The van der Waals surface area contributed by atoms with E-state index in [1.165, 1.54) is 6.20 Å². The highest BCUT2D eigenvalue weighted by molar-refractivity contribution is 9.10. The van der Waals surface area contributed by atoms with Crippen LogP contribution in [0.1, 0.15) is 17.7 Å². The van der Waals surface area contributed by atoms with Gasteiger partial charge in [0.05, 0.1) is 26.6 Å². The third-order valence-electron chi connectivity index (χ3n) is 1.44. The fraction of sp³-hybridized carbons (Fsp3) is 0.286. The Hall–Kier alpha value is 0.0700. The largest absolute Gasteiger partial charge is 0.267 e. The van der Waals surface area contributed by atoms with Gasteiger partial charge in [0, 0.05) is 6.20 Å². The molecule has 1 aromatic heterocycles. The summed E-state index contributed by atoms with van der Waals surface area (Å²) < 4.78 is 25.2. The zero-order valence-electron chi connectivity index (χ0n) is 6.20. The molecule has 0 unspecified atom stereocenters. The zero-order chi connectivity index (χ0) is 10.0. The van der Waals surface area contributed by atoms with E-state index < -0.39 is 6.43 Å². The standard InChI is InChI=1S/C7H4BrCl2F2N/c8-3-2-13-4(1-9)5(6(3)10)7(11)12/h2,7H,1H2. The van der Waals surface area contributed by atoms with Gasteiger partial charge in [0.1, 0.15) is 0 Å². The first kappa shape index (κ1) is 11.1. The second-order valence-corrected chi connectivity index (χ2v) is 3.71. The lowest BCUT2D eigenvalue weighted by Gasteiger charge is -2.08. The molecule has 0 aliphatic heterocycles. The average molecular weight is 291 g/mol. The van der Waals surface area contributed by atoms with Crippen molar-refractivity contribution in [1.29, 1.82) is 0 Å². The van der Waals surface area contributed by atoms with Gasteiger partial charge in [-0.1, -0.05) is 11.6 Å². The Balaban J connectivity index is 3.32. The van der Waals surface area contributed by atoms with Crippen LogP contribution in [-0.4, -0.2) is 4.98 Å². The van der Waals surface area contributed by atoms with Crippen molar-refractivity contribution >= 4 is 39.1 Å². The minimum Gasteiger partial charge on any atom is -0.258 e. The molecular formula is C7H4BrCl2F2N. The highest BCUT2D eigenvalue weighted by Gasteiger charge is 2.19. The summed E-state index contributed by atoms with van der Waals surface area (Å²) in [5.74, 6) is -0.0767. The molecule has 13 heavy (non-hydrogen) atoms. The van der Waals surface area contributed by atoms with Crippen LogP contribution in [0.25, 0.3) is 0 Å². The topological polar surface area (TPSA) is 12.9 Å². The predicted molar refractivity (Wildman–Crippen MR) is 51.5 cm³/mol. The van der Waals surface area contributed by atoms with Gasteiger partial charge in [-0.2, -0.15) is 0 Å². The van der Waals surface area contributed by atoms with Gasteiger partial charge in [0.2, 0.25) is 0 Å². The number of pyridine rings is 1. The summed E-state index contributed by atoms with van der Waals surface area (Å²) in [7, 11) is 0. The fourth-order valence-corrected chi connectivity index (χ4v) is 1.61. The maximum atomic E-state index is 12.5. The molecular weight excluding hydrogens is 287 g/mol. The Morgan fingerprint density at radius 1 is 1.54 bits per heavy atom. The fourth-order valence-electron chi connectivity index (χ4n) is 0.844. The SMILES string of the molecule is FC(F)c1c(CCl)ncc(Br)c1Cl. The number of nitrogens with zero attached hydrogens (tertiary/aromatic N) is 1. The summed E-state index contributed by atoms with van der Waals surface area (Å²) in [4.78, 5) is 3.74. The first-order valence-corrected chi connectivity index (χ1v) is 4.95. The van der Waals surface area contributed by atoms with Crippen molar-refractivity contribution in [2.45, 2.75) is 12.3 Å². The molecule has 0 amide bonds. The maximum absolute atomic E-state index is 12.5. The first-order chi connectivity index (χ1) is 6.07. The molecule has 0 saturated carbocycles. The van der Waals surface area contributed by atoms with Crippen LogP contribution >= 0.6 is 39.1 Å². The Morgan fingerprint density at radius 3 is 2.62 bits per heavy atom. The molecule has 6 heteroatoms. The molecule has 0 radical (unpaired) electrons. The normalized spacial score (nSPS) is 10.9. The number of rotatable bonds is 2. The first-order valence-electron chi connectivity index (χ1n) is 3.24. The van der Waals surface area contributed by atoms with Gasteiger partial charge in [-0.3, -0.25) is 4.98 Å². The quantitative estimate of drug-likeness (QED) is 0.745. The molecule has 0 aliphatic rings. The molecule has 0 aliphatic carbocycles. The van der Waals surface area contributed by atoms with Crippen LogP contribution in [0, 0.1) is 0 Å². The molecule has 0 bridgehead atoms. The van der Waals surface area contributed by atoms with Crippen molar-refractivity contribution in [3.8, 4) is 0 Å². The summed E-state index contributed by atoms with van der Waals surface area (Å²) in [5, 5.41) is -0.0272. The monoisotopic (exact) mass is 289 g/mol. The van der Waals surface area contributed by atoms with Crippen molar-refractivity contribution in [2.75, 3.05) is 0 Å². The molecule has 0 atom stereocenters. The van der Waals surface area contributed by atoms with Crippen LogP contribution in [0.3, 0.4) is 0 Å². The van der Waals surface area contributed by atoms with E-state index in [-0.39, 0.29) is 22.2 Å². The molecule has 72 valence electrons. The second-order valence-electron chi connectivity index (χ2n) is 2.21. The molecule has 0 aromatic carbocycles. The Kier molecular flexibility index (Phi) is 3.88. The van der Waals surface area contributed by atoms with E-state index in [4.69, 9.17) is 23.2 Å². The minimum absolute atomic E-state index is 0.0272. The van der Waals surface area contributed by atoms with E-state index in [2.05, 4.69) is 20.9 Å². The van der Waals surface area contributed by atoms with Crippen LogP contribution in [0.2, 0.25) is 5.02 Å². The van der Waals surface area contributed by atoms with Crippen molar-refractivity contribution in [2.24, 2.45) is 0 Å². The van der Waals surface area contributed by atoms with E-state index in [9.17, 15) is 8.78 Å². The van der Waals surface area contributed by atoms with Crippen molar-refractivity contribution in [3.63, 3.8) is 0 Å². The molecule has 0 saturated heterocycles. The van der Waals surface area contributed by atoms with Gasteiger partial charge < -0.3 is 0 Å². The lowest BCUT2D eigenvalue weighted by atomic mass is 10.2. The van der Waals surface area contributed by atoms with Gasteiger partial charge in [0.15, 0.2) is 0 Å². The Bertz CT molecular complexity index is 320. The van der Waals surface area contributed by atoms with Gasteiger partial charge in [-0.05, 0) is 15.9 Å². The van der Waals surface area contributed by atoms with Gasteiger partial charge in [-0.25, -0.2) is 8.78 Å². The third-order valence-corrected chi connectivity index (χ3v) is 2.93. The molecule has 0 fully saturated rings. The minimum atomic E-state index is -2.66. The summed E-state index contributed by atoms with van der Waals surface area (Å²) in [6, 6.07) is 0. The molecule has 0 N–H and O–H groups in total. The number of aromatic nitrogens is 1. The van der Waals surface area contributed by atoms with Crippen LogP contribution in [0.4, 0.5) is 8.78 Å². The lowest BCUT2D eigenvalue weighted by molar-refractivity contribution is 0.150. The van der Waals surface area contributed by atoms with Gasteiger partial charge in [-0.15, -0.1) is 11.6 Å². The second kappa shape index (κ2) is 4.53. The third kappa shape index (κ3) is 2.30. The van der Waals surface area contributed by atoms with E-state index >= 15 is 0 Å². The molecule has 1 rings (SSSR count). The maximum Gasteiger partial charge on any atom is 0.267 e. The summed E-state index contributed by atoms with van der Waals surface area (Å²) in [6.07, 6.45) is -1.31. The highest BCUT2D eigenvalue weighted by atomic mass is 79.9. The van der Waals surface area contributed by atoms with Crippen molar-refractivity contribution < 1.29 is 8.78 Å². The van der Waals surface area contributed by atoms with Crippen molar-refractivity contribution in [1.82, 2.24) is 4.98 Å². The van der Waals surface area contributed by atoms with E-state index in [1.54, 1.807) is 0 Å². The van der Waals surface area contributed by atoms with E-state index in [1.807, 2.05) is 0 Å². The molecule has 1 nitrogen and oxygen atoms in total. The summed E-state index contributed by atoms with van der Waals surface area (Å²) in [6.45, 7) is 0. The van der Waals surface area contributed by atoms with Crippen LogP contribution in [0.5, 0.6) is 0 Å². The van der Waals surface area contributed by atoms with Crippen LogP contribution in [0.15, 0.2) is 10.7 Å². The average Bonchev–Trinajstić information content (AvgIpc) is 2.08. The molecule has 0 spiro atoms. The highest BCUT2D eigenvalue weighted by Crippen LogP contribution is 2.34. The summed E-state index contributed by atoms with van der Waals surface area (Å²) in [5.41, 5.74) is -0.184. The predicted octanol–water partition coefficient (Wildman–Crippen LogP) is 4.17. The van der Waals surface area contributed by atoms with E-state index in [0.29, 0.717) is 4.47 Å². The van der Waals surface area contributed by atoms with Gasteiger partial charge in [0.25, 0.3) is 6.43 Å². The number of hydrogen-bond acceptors (Lipinski definition) is 1. The zero-order valence-corrected chi connectivity index (χ0v) is 9.30. The lowest BCUT2D eigenvalue weighted by Crippen LogP contribution is -1.97. The van der Waals surface area contributed by atoms with Gasteiger partial charge >= 0.3 is 0 Å². The molecule has 1 heterocycles. The smallest absolute Gasteiger partial charge is 0.258 e. The Labute approximate surface area is 92.2 Å². The van der Waals surface area contributed by atoms with Crippen LogP contribution < -0.4 is 0 Å². The molecule has 1 aromatic rings. The van der Waals surface area contributed by atoms with Crippen molar-refractivity contribution in [3.05, 3.63) is 26.9 Å². The van der Waals surface area contributed by atoms with E-state index in [0.717, 1.165) is 0 Å². The van der Waals surface area contributed by atoms with Crippen LogP contribution in [-0.2, 0) is 5.88 Å². The Morgan fingerprint density at radius 2 is 2.15 bits per heavy atom. The number of alkyl halides is 3.